The van der Waals surface area contributed by atoms with Crippen LogP contribution < -0.4 is 5.32 Å². The Kier molecular flexibility index (Phi) is 5.58. The second-order valence-corrected chi connectivity index (χ2v) is 7.62. The number of benzene rings is 1. The van der Waals surface area contributed by atoms with Crippen molar-refractivity contribution in [2.75, 3.05) is 13.1 Å². The molecule has 2 amide bonds. The first kappa shape index (κ1) is 18.1. The van der Waals surface area contributed by atoms with Crippen LogP contribution in [0.25, 0.3) is 0 Å². The van der Waals surface area contributed by atoms with Crippen molar-refractivity contribution < 1.29 is 9.59 Å². The van der Waals surface area contributed by atoms with Gasteiger partial charge in [0.25, 0.3) is 0 Å². The number of likely N-dealkylation sites (tertiary alicyclic amines) is 1. The summed E-state index contributed by atoms with van der Waals surface area (Å²) in [6.07, 6.45) is 0.885. The van der Waals surface area contributed by atoms with Crippen molar-refractivity contribution in [1.82, 2.24) is 10.2 Å². The maximum Gasteiger partial charge on any atom is 0.225 e. The lowest BCUT2D eigenvalue weighted by atomic mass is 10.1. The van der Waals surface area contributed by atoms with Crippen LogP contribution >= 0.6 is 23.2 Å². The number of halogens is 2. The molecule has 4 nitrogen and oxygen atoms in total. The molecule has 1 aromatic rings. The number of carbonyl (C=O) groups is 2. The van der Waals surface area contributed by atoms with Crippen LogP contribution in [0, 0.1) is 5.92 Å². The maximum absolute atomic E-state index is 12.3. The number of nitrogens with one attached hydrogen (secondary N) is 1. The van der Waals surface area contributed by atoms with Gasteiger partial charge in [-0.05, 0) is 38.8 Å². The highest BCUT2D eigenvalue weighted by atomic mass is 35.5. The Bertz CT molecular complexity index is 611. The molecule has 0 radical (unpaired) electrons. The third-order valence-electron chi connectivity index (χ3n) is 4.03. The van der Waals surface area contributed by atoms with Crippen LogP contribution in [0.3, 0.4) is 0 Å². The topological polar surface area (TPSA) is 49.4 Å². The van der Waals surface area contributed by atoms with E-state index in [1.165, 1.54) is 0 Å². The Morgan fingerprint density at radius 1 is 1.35 bits per heavy atom. The van der Waals surface area contributed by atoms with E-state index in [2.05, 4.69) is 5.32 Å². The molecular formula is C17H22Cl2N2O2. The Labute approximate surface area is 147 Å². The van der Waals surface area contributed by atoms with Gasteiger partial charge in [0.05, 0.1) is 16.0 Å². The van der Waals surface area contributed by atoms with E-state index in [0.717, 1.165) is 5.56 Å². The van der Waals surface area contributed by atoms with Gasteiger partial charge in [-0.25, -0.2) is 0 Å². The summed E-state index contributed by atoms with van der Waals surface area (Å²) in [7, 11) is 0. The molecule has 1 aromatic carbocycles. The van der Waals surface area contributed by atoms with Gasteiger partial charge in [-0.1, -0.05) is 35.3 Å². The van der Waals surface area contributed by atoms with Crippen molar-refractivity contribution in [3.63, 3.8) is 0 Å². The molecule has 0 bridgehead atoms. The Morgan fingerprint density at radius 2 is 2.04 bits per heavy atom. The summed E-state index contributed by atoms with van der Waals surface area (Å²) in [4.78, 5) is 26.1. The van der Waals surface area contributed by atoms with E-state index in [0.29, 0.717) is 29.6 Å². The van der Waals surface area contributed by atoms with Gasteiger partial charge in [0.2, 0.25) is 11.8 Å². The largest absolute Gasteiger partial charge is 0.355 e. The minimum Gasteiger partial charge on any atom is -0.355 e. The minimum absolute atomic E-state index is 0.0375. The van der Waals surface area contributed by atoms with Crippen LogP contribution in [0.2, 0.25) is 10.0 Å². The number of rotatable bonds is 4. The summed E-state index contributed by atoms with van der Waals surface area (Å²) in [6.45, 7) is 6.89. The van der Waals surface area contributed by atoms with Gasteiger partial charge in [0.1, 0.15) is 0 Å². The summed E-state index contributed by atoms with van der Waals surface area (Å²) in [6, 6.07) is 5.46. The third kappa shape index (κ3) is 4.39. The Morgan fingerprint density at radius 3 is 2.65 bits per heavy atom. The Hall–Kier alpha value is -1.26. The fourth-order valence-electron chi connectivity index (χ4n) is 2.74. The van der Waals surface area contributed by atoms with Gasteiger partial charge in [0.15, 0.2) is 0 Å². The molecule has 1 atom stereocenters. The van der Waals surface area contributed by atoms with Crippen LogP contribution in [-0.4, -0.2) is 35.3 Å². The zero-order chi connectivity index (χ0) is 17.2. The number of nitrogens with zero attached hydrogens (tertiary/aromatic N) is 1. The van der Waals surface area contributed by atoms with Gasteiger partial charge in [0, 0.05) is 25.0 Å². The van der Waals surface area contributed by atoms with E-state index >= 15 is 0 Å². The normalized spacial score (nSPS) is 18.4. The number of hydrogen-bond donors (Lipinski definition) is 1. The van der Waals surface area contributed by atoms with E-state index in [9.17, 15) is 9.59 Å². The highest BCUT2D eigenvalue weighted by Crippen LogP contribution is 2.27. The lowest BCUT2D eigenvalue weighted by molar-refractivity contribution is -0.132. The molecule has 6 heteroatoms. The van der Waals surface area contributed by atoms with Crippen LogP contribution in [0.5, 0.6) is 0 Å². The standard InChI is InChI=1S/C17H22Cl2N2O2/c1-17(2,3)21-10-12(9-14(21)22)16(23)20-8-7-11-5-4-6-13(18)15(11)19/h4-6,12H,7-10H2,1-3H3,(H,20,23)/t12-/m0/s1. The summed E-state index contributed by atoms with van der Waals surface area (Å²) < 4.78 is 0. The first-order valence-corrected chi connectivity index (χ1v) is 8.47. The van der Waals surface area contributed by atoms with E-state index in [1.807, 2.05) is 32.9 Å². The molecule has 0 spiro atoms. The fraction of sp³-hybridized carbons (Fsp3) is 0.529. The summed E-state index contributed by atoms with van der Waals surface area (Å²) >= 11 is 12.1. The second kappa shape index (κ2) is 7.10. The first-order valence-electron chi connectivity index (χ1n) is 7.71. The van der Waals surface area contributed by atoms with Crippen molar-refractivity contribution in [3.8, 4) is 0 Å². The summed E-state index contributed by atoms with van der Waals surface area (Å²) in [5, 5.41) is 3.93. The average Bonchev–Trinajstić information content (AvgIpc) is 2.85. The van der Waals surface area contributed by atoms with Gasteiger partial charge in [-0.15, -0.1) is 0 Å². The van der Waals surface area contributed by atoms with Crippen molar-refractivity contribution >= 4 is 35.0 Å². The third-order valence-corrected chi connectivity index (χ3v) is 4.89. The summed E-state index contributed by atoms with van der Waals surface area (Å²) in [5.74, 6) is -0.324. The van der Waals surface area contributed by atoms with E-state index < -0.39 is 0 Å². The molecule has 126 valence electrons. The maximum atomic E-state index is 12.3. The van der Waals surface area contributed by atoms with E-state index in [-0.39, 0.29) is 29.7 Å². The monoisotopic (exact) mass is 356 g/mol. The lowest BCUT2D eigenvalue weighted by Crippen LogP contribution is -2.43. The molecule has 1 heterocycles. The molecule has 1 aliphatic heterocycles. The zero-order valence-electron chi connectivity index (χ0n) is 13.7. The minimum atomic E-state index is -0.281. The van der Waals surface area contributed by atoms with E-state index in [4.69, 9.17) is 23.2 Å². The quantitative estimate of drug-likeness (QED) is 0.899. The fourth-order valence-corrected chi connectivity index (χ4v) is 3.15. The molecule has 1 N–H and O–H groups in total. The van der Waals surface area contributed by atoms with Crippen molar-refractivity contribution in [1.29, 1.82) is 0 Å². The SMILES string of the molecule is CC(C)(C)N1C[C@@H](C(=O)NCCc2cccc(Cl)c2Cl)CC1=O. The molecule has 1 fully saturated rings. The zero-order valence-corrected chi connectivity index (χ0v) is 15.2. The van der Waals surface area contributed by atoms with Crippen LogP contribution in [0.4, 0.5) is 0 Å². The predicted octanol–water partition coefficient (Wildman–Crippen LogP) is 3.30. The lowest BCUT2D eigenvalue weighted by Gasteiger charge is -2.31. The van der Waals surface area contributed by atoms with Crippen molar-refractivity contribution in [2.24, 2.45) is 5.92 Å². The smallest absolute Gasteiger partial charge is 0.225 e. The average molecular weight is 357 g/mol. The highest BCUT2D eigenvalue weighted by Gasteiger charge is 2.39. The van der Waals surface area contributed by atoms with Gasteiger partial charge >= 0.3 is 0 Å². The van der Waals surface area contributed by atoms with Crippen molar-refractivity contribution in [2.45, 2.75) is 39.2 Å². The van der Waals surface area contributed by atoms with Crippen LogP contribution in [0.1, 0.15) is 32.8 Å². The Balaban J connectivity index is 1.86. The molecule has 0 aliphatic carbocycles. The molecule has 1 aliphatic rings. The molecule has 2 rings (SSSR count). The van der Waals surface area contributed by atoms with Gasteiger partial charge < -0.3 is 10.2 Å². The molecule has 0 unspecified atom stereocenters. The molecule has 0 saturated carbocycles. The molecule has 23 heavy (non-hydrogen) atoms. The summed E-state index contributed by atoms with van der Waals surface area (Å²) in [5.41, 5.74) is 0.652. The van der Waals surface area contributed by atoms with Crippen LogP contribution in [-0.2, 0) is 16.0 Å². The van der Waals surface area contributed by atoms with E-state index in [1.54, 1.807) is 11.0 Å². The number of hydrogen-bond acceptors (Lipinski definition) is 2. The first-order chi connectivity index (χ1) is 10.7. The van der Waals surface area contributed by atoms with Crippen LogP contribution in [0.15, 0.2) is 18.2 Å². The molecule has 0 aromatic heterocycles. The predicted molar refractivity (Wildman–Crippen MR) is 92.7 cm³/mol. The van der Waals surface area contributed by atoms with Gasteiger partial charge in [-0.3, -0.25) is 9.59 Å². The van der Waals surface area contributed by atoms with Crippen molar-refractivity contribution in [3.05, 3.63) is 33.8 Å². The number of carbonyl (C=O) groups excluding carboxylic acids is 2. The molecular weight excluding hydrogens is 335 g/mol. The highest BCUT2D eigenvalue weighted by molar-refractivity contribution is 6.42. The second-order valence-electron chi connectivity index (χ2n) is 6.83. The van der Waals surface area contributed by atoms with Gasteiger partial charge in [-0.2, -0.15) is 0 Å². The molecule has 1 saturated heterocycles. The number of amides is 2.